The normalized spacial score (nSPS) is 11.4. The van der Waals surface area contributed by atoms with Gasteiger partial charge < -0.3 is 9.13 Å². The van der Waals surface area contributed by atoms with Crippen LogP contribution in [-0.2, 0) is 0 Å². The van der Waals surface area contributed by atoms with Crippen molar-refractivity contribution in [2.24, 2.45) is 0 Å². The van der Waals surface area contributed by atoms with Crippen LogP contribution in [0.2, 0.25) is 0 Å². The summed E-state index contributed by atoms with van der Waals surface area (Å²) < 4.78 is 4.72. The number of aromatic nitrogens is 3. The Labute approximate surface area is 300 Å². The second-order valence-electron chi connectivity index (χ2n) is 13.1. The van der Waals surface area contributed by atoms with E-state index in [1.54, 1.807) is 0 Å². The summed E-state index contributed by atoms with van der Waals surface area (Å²) in [6.07, 6.45) is 0. The number of nitrogens with zero attached hydrogens (tertiary/aromatic N) is 4. The van der Waals surface area contributed by atoms with Crippen molar-refractivity contribution in [3.8, 4) is 51.1 Å². The molecule has 0 atom stereocenters. The van der Waals surface area contributed by atoms with Crippen LogP contribution in [-0.4, -0.2) is 14.1 Å². The van der Waals surface area contributed by atoms with Gasteiger partial charge in [0.2, 0.25) is 0 Å². The van der Waals surface area contributed by atoms with E-state index in [4.69, 9.17) is 4.98 Å². The highest BCUT2D eigenvalue weighted by Crippen LogP contribution is 2.42. The maximum absolute atomic E-state index is 9.76. The summed E-state index contributed by atoms with van der Waals surface area (Å²) in [5, 5.41) is 14.5. The van der Waals surface area contributed by atoms with E-state index >= 15 is 0 Å². The van der Waals surface area contributed by atoms with Crippen LogP contribution in [0.5, 0.6) is 0 Å². The van der Waals surface area contributed by atoms with Crippen molar-refractivity contribution >= 4 is 43.6 Å². The summed E-state index contributed by atoms with van der Waals surface area (Å²) >= 11 is 0. The highest BCUT2D eigenvalue weighted by atomic mass is 15.0. The van der Waals surface area contributed by atoms with Gasteiger partial charge in [0.25, 0.3) is 0 Å². The van der Waals surface area contributed by atoms with Crippen molar-refractivity contribution in [2.45, 2.75) is 0 Å². The minimum Gasteiger partial charge on any atom is -0.309 e. The van der Waals surface area contributed by atoms with E-state index < -0.39 is 0 Å². The molecule has 0 radical (unpaired) electrons. The third kappa shape index (κ3) is 4.72. The fraction of sp³-hybridized carbons (Fsp3) is 0. The van der Waals surface area contributed by atoms with E-state index in [0.29, 0.717) is 5.56 Å². The maximum Gasteiger partial charge on any atom is 0.0992 e. The van der Waals surface area contributed by atoms with E-state index in [0.717, 1.165) is 67.1 Å². The Morgan fingerprint density at radius 2 is 0.981 bits per heavy atom. The largest absolute Gasteiger partial charge is 0.309 e. The summed E-state index contributed by atoms with van der Waals surface area (Å²) in [5.41, 5.74) is 13.5. The molecule has 0 fully saturated rings. The molecule has 0 unspecified atom stereocenters. The topological polar surface area (TPSA) is 46.5 Å². The van der Waals surface area contributed by atoms with Crippen LogP contribution < -0.4 is 0 Å². The number of para-hydroxylation sites is 2. The molecular formula is C48H30N4. The van der Waals surface area contributed by atoms with Gasteiger partial charge in [0.05, 0.1) is 45.1 Å². The van der Waals surface area contributed by atoms with E-state index in [1.807, 2.05) is 30.3 Å². The molecule has 10 rings (SSSR count). The predicted octanol–water partition coefficient (Wildman–Crippen LogP) is 12.1. The second-order valence-corrected chi connectivity index (χ2v) is 13.1. The molecule has 0 saturated carbocycles. The third-order valence-corrected chi connectivity index (χ3v) is 10.1. The number of rotatable bonds is 5. The van der Waals surface area contributed by atoms with Crippen molar-refractivity contribution in [1.82, 2.24) is 14.1 Å². The molecule has 3 heterocycles. The Morgan fingerprint density at radius 1 is 0.404 bits per heavy atom. The first kappa shape index (κ1) is 29.7. The summed E-state index contributed by atoms with van der Waals surface area (Å²) in [5.74, 6) is 0. The summed E-state index contributed by atoms with van der Waals surface area (Å²) in [6.45, 7) is 0. The molecule has 0 bridgehead atoms. The van der Waals surface area contributed by atoms with Gasteiger partial charge in [0.15, 0.2) is 0 Å². The summed E-state index contributed by atoms with van der Waals surface area (Å²) in [4.78, 5) is 5.13. The first-order valence-electron chi connectivity index (χ1n) is 17.4. The molecule has 0 saturated heterocycles. The van der Waals surface area contributed by atoms with Gasteiger partial charge in [0.1, 0.15) is 0 Å². The van der Waals surface area contributed by atoms with E-state index in [9.17, 15) is 5.26 Å². The lowest BCUT2D eigenvalue weighted by atomic mass is 9.99. The minimum absolute atomic E-state index is 0.636. The van der Waals surface area contributed by atoms with Gasteiger partial charge >= 0.3 is 0 Å². The Balaban J connectivity index is 1.25. The molecule has 0 aliphatic heterocycles. The molecule has 0 spiro atoms. The first-order chi connectivity index (χ1) is 25.7. The predicted molar refractivity (Wildman–Crippen MR) is 214 cm³/mol. The smallest absolute Gasteiger partial charge is 0.0992 e. The minimum atomic E-state index is 0.636. The van der Waals surface area contributed by atoms with Crippen LogP contribution in [0.1, 0.15) is 5.56 Å². The van der Waals surface area contributed by atoms with Crippen LogP contribution >= 0.6 is 0 Å². The molecular weight excluding hydrogens is 633 g/mol. The number of nitriles is 1. The first-order valence-corrected chi connectivity index (χ1v) is 17.4. The molecule has 0 aliphatic carbocycles. The van der Waals surface area contributed by atoms with E-state index in [-0.39, 0.29) is 0 Å². The SMILES string of the molecule is N#Cc1cccc(-n2c3ccccc3c3c2ccc2c4ccccc4n(-c4cccc(-c5cc(-c6ccccc6)nc(-c6ccccc6)c5)c4)c23)c1. The monoisotopic (exact) mass is 662 g/mol. The molecule has 7 aromatic carbocycles. The van der Waals surface area contributed by atoms with Gasteiger partial charge in [-0.25, -0.2) is 4.98 Å². The van der Waals surface area contributed by atoms with Gasteiger partial charge in [-0.05, 0) is 71.8 Å². The van der Waals surface area contributed by atoms with Crippen LogP contribution in [0.15, 0.2) is 182 Å². The number of fused-ring (bicyclic) bond motifs is 7. The molecule has 4 heteroatoms. The maximum atomic E-state index is 9.76. The number of hydrogen-bond acceptors (Lipinski definition) is 2. The molecule has 52 heavy (non-hydrogen) atoms. The van der Waals surface area contributed by atoms with Crippen LogP contribution in [0.25, 0.3) is 88.6 Å². The van der Waals surface area contributed by atoms with Crippen molar-refractivity contribution in [2.75, 3.05) is 0 Å². The number of pyridine rings is 1. The summed E-state index contributed by atoms with van der Waals surface area (Å²) in [7, 11) is 0. The van der Waals surface area contributed by atoms with Crippen molar-refractivity contribution in [1.29, 1.82) is 5.26 Å². The average Bonchev–Trinajstić information content (AvgIpc) is 3.74. The number of hydrogen-bond donors (Lipinski definition) is 0. The van der Waals surface area contributed by atoms with Gasteiger partial charge in [0, 0.05) is 44.0 Å². The lowest BCUT2D eigenvalue weighted by Gasteiger charge is -2.13. The van der Waals surface area contributed by atoms with Gasteiger partial charge in [-0.3, -0.25) is 0 Å². The Morgan fingerprint density at radius 3 is 1.67 bits per heavy atom. The zero-order chi connectivity index (χ0) is 34.6. The molecule has 3 aromatic heterocycles. The highest BCUT2D eigenvalue weighted by Gasteiger charge is 2.21. The van der Waals surface area contributed by atoms with Crippen LogP contribution in [0.3, 0.4) is 0 Å². The van der Waals surface area contributed by atoms with Crippen LogP contribution in [0.4, 0.5) is 0 Å². The molecule has 4 nitrogen and oxygen atoms in total. The van der Waals surface area contributed by atoms with Crippen molar-refractivity contribution < 1.29 is 0 Å². The van der Waals surface area contributed by atoms with Crippen molar-refractivity contribution in [3.63, 3.8) is 0 Å². The molecule has 0 N–H and O–H groups in total. The quantitative estimate of drug-likeness (QED) is 0.184. The third-order valence-electron chi connectivity index (χ3n) is 10.1. The van der Waals surface area contributed by atoms with Crippen molar-refractivity contribution in [3.05, 3.63) is 188 Å². The Kier molecular flexibility index (Phi) is 6.84. The summed E-state index contributed by atoms with van der Waals surface area (Å²) in [6, 6.07) is 66.0. The standard InChI is InChI=1S/C48H30N4/c49-31-32-13-11-19-37(27-32)51-45-24-10-8-22-41(45)47-46(51)26-25-40-39-21-7-9-23-44(39)52(48(40)47)38-20-12-18-35(28-38)36-29-42(33-14-3-1-4-15-33)50-43(30-36)34-16-5-2-6-17-34/h1-30H. The lowest BCUT2D eigenvalue weighted by molar-refractivity contribution is 1.17. The second kappa shape index (κ2) is 12.0. The van der Waals surface area contributed by atoms with E-state index in [2.05, 4.69) is 167 Å². The zero-order valence-electron chi connectivity index (χ0n) is 28.1. The number of benzene rings is 7. The molecule has 10 aromatic rings. The fourth-order valence-electron chi connectivity index (χ4n) is 7.80. The van der Waals surface area contributed by atoms with Gasteiger partial charge in [-0.15, -0.1) is 0 Å². The molecule has 0 aliphatic rings. The van der Waals surface area contributed by atoms with Gasteiger partial charge in [-0.1, -0.05) is 121 Å². The average molecular weight is 663 g/mol. The molecule has 0 amide bonds. The highest BCUT2D eigenvalue weighted by molar-refractivity contribution is 6.26. The lowest BCUT2D eigenvalue weighted by Crippen LogP contribution is -1.96. The molecule has 242 valence electrons. The Bertz CT molecular complexity index is 2960. The fourth-order valence-corrected chi connectivity index (χ4v) is 7.80. The Hall–Kier alpha value is -7.22. The zero-order valence-corrected chi connectivity index (χ0v) is 28.1. The van der Waals surface area contributed by atoms with Gasteiger partial charge in [-0.2, -0.15) is 5.26 Å². The van der Waals surface area contributed by atoms with E-state index in [1.165, 1.54) is 21.5 Å². The van der Waals surface area contributed by atoms with Crippen LogP contribution in [0, 0.1) is 11.3 Å².